The van der Waals surface area contributed by atoms with Gasteiger partial charge in [0.05, 0.1) is 11.9 Å². The van der Waals surface area contributed by atoms with Gasteiger partial charge in [0, 0.05) is 11.4 Å². The standard InChI is InChI=1S/C13H15ClN4.ClH/c14-12-2-1-9-7-11(8-16-13(9)18-12)17-10-3-5-15-6-4-10;/h1-2,7-8,10,15,17H,3-6H2;1H. The van der Waals surface area contributed by atoms with E-state index in [-0.39, 0.29) is 12.4 Å². The summed E-state index contributed by atoms with van der Waals surface area (Å²) in [5.74, 6) is 0. The summed E-state index contributed by atoms with van der Waals surface area (Å²) in [6, 6.07) is 6.35. The van der Waals surface area contributed by atoms with E-state index in [2.05, 4.69) is 26.7 Å². The molecule has 2 aromatic rings. The number of piperidine rings is 1. The predicted molar refractivity (Wildman–Crippen MR) is 81.3 cm³/mol. The molecular weight excluding hydrogens is 283 g/mol. The molecule has 0 unspecified atom stereocenters. The van der Waals surface area contributed by atoms with Crippen LogP contribution in [-0.2, 0) is 0 Å². The van der Waals surface area contributed by atoms with Gasteiger partial charge in [-0.3, -0.25) is 0 Å². The van der Waals surface area contributed by atoms with Gasteiger partial charge >= 0.3 is 0 Å². The number of hydrogen-bond acceptors (Lipinski definition) is 4. The molecule has 0 saturated carbocycles. The van der Waals surface area contributed by atoms with E-state index in [9.17, 15) is 0 Å². The average Bonchev–Trinajstić information content (AvgIpc) is 2.40. The fourth-order valence-corrected chi connectivity index (χ4v) is 2.41. The normalized spacial score (nSPS) is 16.1. The maximum Gasteiger partial charge on any atom is 0.160 e. The van der Waals surface area contributed by atoms with Crippen LogP contribution < -0.4 is 10.6 Å². The van der Waals surface area contributed by atoms with Crippen LogP contribution in [-0.4, -0.2) is 29.1 Å². The van der Waals surface area contributed by atoms with E-state index in [1.54, 1.807) is 6.07 Å². The van der Waals surface area contributed by atoms with Crippen molar-refractivity contribution in [2.75, 3.05) is 18.4 Å². The third-order valence-corrected chi connectivity index (χ3v) is 3.43. The molecule has 0 amide bonds. The molecule has 0 aliphatic carbocycles. The highest BCUT2D eigenvalue weighted by Crippen LogP contribution is 2.19. The van der Waals surface area contributed by atoms with Gasteiger partial charge in [-0.05, 0) is 44.1 Å². The SMILES string of the molecule is Cl.Clc1ccc2cc(NC3CCNCC3)cnc2n1. The van der Waals surface area contributed by atoms with Gasteiger partial charge in [-0.15, -0.1) is 12.4 Å². The van der Waals surface area contributed by atoms with Crippen LogP contribution in [0.3, 0.4) is 0 Å². The summed E-state index contributed by atoms with van der Waals surface area (Å²) in [4.78, 5) is 8.51. The molecule has 1 aliphatic rings. The Hall–Kier alpha value is -1.10. The number of hydrogen-bond donors (Lipinski definition) is 2. The summed E-state index contributed by atoms with van der Waals surface area (Å²) in [7, 11) is 0. The maximum absolute atomic E-state index is 5.84. The van der Waals surface area contributed by atoms with E-state index in [1.807, 2.05) is 12.3 Å². The topological polar surface area (TPSA) is 49.8 Å². The van der Waals surface area contributed by atoms with E-state index in [4.69, 9.17) is 11.6 Å². The summed E-state index contributed by atoms with van der Waals surface area (Å²) in [6.07, 6.45) is 4.13. The second-order valence-electron chi connectivity index (χ2n) is 4.57. The number of aromatic nitrogens is 2. The molecule has 3 heterocycles. The molecule has 6 heteroatoms. The number of nitrogens with one attached hydrogen (secondary N) is 2. The van der Waals surface area contributed by atoms with Gasteiger partial charge in [-0.2, -0.15) is 0 Å². The lowest BCUT2D eigenvalue weighted by Crippen LogP contribution is -2.35. The number of rotatable bonds is 2. The van der Waals surface area contributed by atoms with Gasteiger partial charge < -0.3 is 10.6 Å². The molecular formula is C13H16Cl2N4. The van der Waals surface area contributed by atoms with Gasteiger partial charge in [-0.25, -0.2) is 9.97 Å². The Bertz CT molecular complexity index is 555. The summed E-state index contributed by atoms with van der Waals surface area (Å²) >= 11 is 5.84. The first kappa shape index (κ1) is 14.3. The fourth-order valence-electron chi connectivity index (χ4n) is 2.27. The van der Waals surface area contributed by atoms with E-state index < -0.39 is 0 Å². The van der Waals surface area contributed by atoms with Crippen molar-refractivity contribution in [1.82, 2.24) is 15.3 Å². The molecule has 4 nitrogen and oxygen atoms in total. The van der Waals surface area contributed by atoms with Crippen LogP contribution in [0.2, 0.25) is 5.15 Å². The summed E-state index contributed by atoms with van der Waals surface area (Å²) < 4.78 is 0. The second-order valence-corrected chi connectivity index (χ2v) is 4.96. The first-order chi connectivity index (χ1) is 8.81. The minimum atomic E-state index is 0. The maximum atomic E-state index is 5.84. The van der Waals surface area contributed by atoms with Crippen molar-refractivity contribution in [1.29, 1.82) is 0 Å². The molecule has 1 fully saturated rings. The van der Waals surface area contributed by atoms with Crippen molar-refractivity contribution in [3.63, 3.8) is 0 Å². The van der Waals surface area contributed by atoms with Gasteiger partial charge in [0.15, 0.2) is 5.65 Å². The van der Waals surface area contributed by atoms with Crippen molar-refractivity contribution in [2.24, 2.45) is 0 Å². The third-order valence-electron chi connectivity index (χ3n) is 3.22. The van der Waals surface area contributed by atoms with Crippen LogP contribution in [0, 0.1) is 0 Å². The smallest absolute Gasteiger partial charge is 0.160 e. The van der Waals surface area contributed by atoms with Crippen molar-refractivity contribution < 1.29 is 0 Å². The van der Waals surface area contributed by atoms with Crippen LogP contribution in [0.1, 0.15) is 12.8 Å². The summed E-state index contributed by atoms with van der Waals surface area (Å²) in [6.45, 7) is 2.16. The Morgan fingerprint density at radius 2 is 2.05 bits per heavy atom. The number of anilines is 1. The number of halogens is 2. The van der Waals surface area contributed by atoms with Crippen LogP contribution >= 0.6 is 24.0 Å². The average molecular weight is 299 g/mol. The highest BCUT2D eigenvalue weighted by Gasteiger charge is 2.12. The van der Waals surface area contributed by atoms with E-state index >= 15 is 0 Å². The van der Waals surface area contributed by atoms with E-state index in [0.29, 0.717) is 16.8 Å². The molecule has 19 heavy (non-hydrogen) atoms. The van der Waals surface area contributed by atoms with Crippen molar-refractivity contribution >= 4 is 40.7 Å². The number of nitrogens with zero attached hydrogens (tertiary/aromatic N) is 2. The molecule has 0 bridgehead atoms. The molecule has 2 N–H and O–H groups in total. The molecule has 1 saturated heterocycles. The zero-order valence-corrected chi connectivity index (χ0v) is 12.0. The van der Waals surface area contributed by atoms with Crippen molar-refractivity contribution in [3.8, 4) is 0 Å². The Kier molecular flexibility index (Phi) is 4.80. The van der Waals surface area contributed by atoms with Gasteiger partial charge in [0.25, 0.3) is 0 Å². The predicted octanol–water partition coefficient (Wildman–Crippen LogP) is 2.87. The number of fused-ring (bicyclic) bond motifs is 1. The van der Waals surface area contributed by atoms with Gasteiger partial charge in [0.1, 0.15) is 5.15 Å². The minimum absolute atomic E-state index is 0. The summed E-state index contributed by atoms with van der Waals surface area (Å²) in [5, 5.41) is 8.37. The fraction of sp³-hybridized carbons (Fsp3) is 0.385. The summed E-state index contributed by atoms with van der Waals surface area (Å²) in [5.41, 5.74) is 1.75. The minimum Gasteiger partial charge on any atom is -0.381 e. The Balaban J connectivity index is 0.00000133. The lowest BCUT2D eigenvalue weighted by molar-refractivity contribution is 0.479. The molecule has 0 radical (unpaired) electrons. The highest BCUT2D eigenvalue weighted by atomic mass is 35.5. The monoisotopic (exact) mass is 298 g/mol. The Labute approximate surface area is 123 Å². The van der Waals surface area contributed by atoms with Crippen LogP contribution in [0.4, 0.5) is 5.69 Å². The van der Waals surface area contributed by atoms with Crippen LogP contribution in [0.25, 0.3) is 11.0 Å². The quantitative estimate of drug-likeness (QED) is 0.837. The van der Waals surface area contributed by atoms with Crippen molar-refractivity contribution in [2.45, 2.75) is 18.9 Å². The zero-order chi connectivity index (χ0) is 12.4. The van der Waals surface area contributed by atoms with Gasteiger partial charge in [-0.1, -0.05) is 11.6 Å². The third kappa shape index (κ3) is 3.47. The van der Waals surface area contributed by atoms with Crippen LogP contribution in [0.15, 0.2) is 24.4 Å². The molecule has 0 atom stereocenters. The second kappa shape index (κ2) is 6.37. The highest BCUT2D eigenvalue weighted by molar-refractivity contribution is 6.29. The Morgan fingerprint density at radius 3 is 2.84 bits per heavy atom. The molecule has 0 aromatic carbocycles. The molecule has 3 rings (SSSR count). The number of pyridine rings is 2. The Morgan fingerprint density at radius 1 is 1.26 bits per heavy atom. The first-order valence-electron chi connectivity index (χ1n) is 6.21. The van der Waals surface area contributed by atoms with Gasteiger partial charge in [0.2, 0.25) is 0 Å². The lowest BCUT2D eigenvalue weighted by Gasteiger charge is -2.24. The first-order valence-corrected chi connectivity index (χ1v) is 6.58. The molecule has 102 valence electrons. The molecule has 2 aromatic heterocycles. The molecule has 0 spiro atoms. The largest absolute Gasteiger partial charge is 0.381 e. The lowest BCUT2D eigenvalue weighted by atomic mass is 10.1. The van der Waals surface area contributed by atoms with Crippen molar-refractivity contribution in [3.05, 3.63) is 29.5 Å². The van der Waals surface area contributed by atoms with Crippen LogP contribution in [0.5, 0.6) is 0 Å². The van der Waals surface area contributed by atoms with E-state index in [0.717, 1.165) is 37.0 Å². The molecule has 1 aliphatic heterocycles. The zero-order valence-electron chi connectivity index (χ0n) is 10.4. The van der Waals surface area contributed by atoms with E-state index in [1.165, 1.54) is 0 Å².